The Morgan fingerprint density at radius 3 is 2.56 bits per heavy atom. The highest BCUT2D eigenvalue weighted by atomic mass is 19.1. The summed E-state index contributed by atoms with van der Waals surface area (Å²) in [5, 5.41) is 0. The highest BCUT2D eigenvalue weighted by Crippen LogP contribution is 2.58. The van der Waals surface area contributed by atoms with Crippen LogP contribution in [0.2, 0.25) is 0 Å². The molecule has 0 N–H and O–H groups in total. The zero-order chi connectivity index (χ0) is 13.3. The first kappa shape index (κ1) is 13.1. The molecule has 2 aliphatic rings. The molecular formula is C17H21F. The quantitative estimate of drug-likeness (QED) is 0.656. The molecule has 0 radical (unpaired) electrons. The number of benzene rings is 1. The van der Waals surface area contributed by atoms with Crippen molar-refractivity contribution in [3.05, 3.63) is 58.9 Å². The molecule has 3 rings (SSSR count). The van der Waals surface area contributed by atoms with Gasteiger partial charge in [-0.2, -0.15) is 0 Å². The van der Waals surface area contributed by atoms with Crippen molar-refractivity contribution < 1.29 is 4.39 Å². The molecule has 96 valence electrons. The monoisotopic (exact) mass is 244 g/mol. The smallest absolute Gasteiger partial charge is 0.126 e. The van der Waals surface area contributed by atoms with Crippen LogP contribution in [0.5, 0.6) is 0 Å². The molecule has 0 nitrogen and oxygen atoms in total. The van der Waals surface area contributed by atoms with Crippen LogP contribution in [0.4, 0.5) is 4.39 Å². The molecule has 0 spiro atoms. The van der Waals surface area contributed by atoms with Crippen LogP contribution in [-0.4, -0.2) is 0 Å². The molecule has 2 aliphatic carbocycles. The summed E-state index contributed by atoms with van der Waals surface area (Å²) < 4.78 is 13.6. The second kappa shape index (κ2) is 4.72. The minimum absolute atomic E-state index is 0.0859. The van der Waals surface area contributed by atoms with Crippen molar-refractivity contribution in [2.24, 2.45) is 5.92 Å². The molecule has 18 heavy (non-hydrogen) atoms. The molecule has 2 atom stereocenters. The summed E-state index contributed by atoms with van der Waals surface area (Å²) in [6.45, 7) is 7.93. The highest BCUT2D eigenvalue weighted by Gasteiger charge is 2.53. The van der Waals surface area contributed by atoms with Gasteiger partial charge in [-0.15, -0.1) is 0 Å². The average molecular weight is 244 g/mol. The third-order valence-corrected chi connectivity index (χ3v) is 3.88. The van der Waals surface area contributed by atoms with Gasteiger partial charge in [0.05, 0.1) is 0 Å². The van der Waals surface area contributed by atoms with Gasteiger partial charge in [-0.25, -0.2) is 4.39 Å². The van der Waals surface area contributed by atoms with Gasteiger partial charge in [-0.05, 0) is 43.4 Å². The van der Waals surface area contributed by atoms with Crippen molar-refractivity contribution in [3.8, 4) is 0 Å². The third kappa shape index (κ3) is 2.03. The maximum absolute atomic E-state index is 13.6. The van der Waals surface area contributed by atoms with E-state index in [4.69, 9.17) is 0 Å². The molecule has 0 bridgehead atoms. The molecule has 1 saturated carbocycles. The number of hydrogen-bond donors (Lipinski definition) is 0. The van der Waals surface area contributed by atoms with Crippen LogP contribution < -0.4 is 0 Å². The second-order valence-corrected chi connectivity index (χ2v) is 5.06. The molecule has 0 aromatic heterocycles. The molecule has 1 heteroatoms. The maximum Gasteiger partial charge on any atom is 0.126 e. The molecule has 1 aromatic carbocycles. The summed E-state index contributed by atoms with van der Waals surface area (Å²) in [5.74, 6) is 0.497. The van der Waals surface area contributed by atoms with Gasteiger partial charge < -0.3 is 0 Å². The van der Waals surface area contributed by atoms with Crippen molar-refractivity contribution >= 4 is 0 Å². The Hall–Kier alpha value is -1.37. The molecule has 0 saturated heterocycles. The Morgan fingerprint density at radius 2 is 1.94 bits per heavy atom. The van der Waals surface area contributed by atoms with Crippen molar-refractivity contribution in [2.75, 3.05) is 0 Å². The minimum Gasteiger partial charge on any atom is -0.207 e. The van der Waals surface area contributed by atoms with Gasteiger partial charge in [0, 0.05) is 5.41 Å². The Kier molecular flexibility index (Phi) is 3.43. The van der Waals surface area contributed by atoms with E-state index < -0.39 is 0 Å². The van der Waals surface area contributed by atoms with E-state index in [0.29, 0.717) is 5.92 Å². The zero-order valence-electron chi connectivity index (χ0n) is 11.6. The van der Waals surface area contributed by atoms with Crippen molar-refractivity contribution in [1.29, 1.82) is 0 Å². The van der Waals surface area contributed by atoms with Crippen molar-refractivity contribution in [3.63, 3.8) is 0 Å². The number of aryl methyl sites for hydroxylation is 1. The SMILES string of the molecule is CC.CC1=CC2CC2(c2ccc(C)c(F)c2)C=C1. The standard InChI is InChI=1S/C15H15F.C2H6/c1-10-5-6-15(9-13(15)7-10)12-4-3-11(2)14(16)8-12;1-2/h3-8,13H,9H2,1-2H3;1-2H3. The van der Waals surface area contributed by atoms with E-state index >= 15 is 0 Å². The lowest BCUT2D eigenvalue weighted by Crippen LogP contribution is -2.09. The van der Waals surface area contributed by atoms with Crippen LogP contribution >= 0.6 is 0 Å². The number of hydrogen-bond acceptors (Lipinski definition) is 0. The summed E-state index contributed by atoms with van der Waals surface area (Å²) in [4.78, 5) is 0. The summed E-state index contributed by atoms with van der Waals surface area (Å²) in [5.41, 5.74) is 3.28. The molecular weight excluding hydrogens is 223 g/mol. The van der Waals surface area contributed by atoms with E-state index in [-0.39, 0.29) is 11.2 Å². The van der Waals surface area contributed by atoms with Crippen LogP contribution in [0.1, 0.15) is 38.3 Å². The van der Waals surface area contributed by atoms with Gasteiger partial charge in [0.25, 0.3) is 0 Å². The third-order valence-electron chi connectivity index (χ3n) is 3.88. The van der Waals surface area contributed by atoms with Crippen molar-refractivity contribution in [2.45, 2.75) is 39.5 Å². The second-order valence-electron chi connectivity index (χ2n) is 5.06. The number of halogens is 1. The van der Waals surface area contributed by atoms with E-state index in [2.05, 4.69) is 31.2 Å². The highest BCUT2D eigenvalue weighted by molar-refractivity contribution is 5.48. The Morgan fingerprint density at radius 1 is 1.22 bits per heavy atom. The molecule has 0 aliphatic heterocycles. The first-order valence-corrected chi connectivity index (χ1v) is 6.76. The summed E-state index contributed by atoms with van der Waals surface area (Å²) in [6, 6.07) is 5.65. The lowest BCUT2D eigenvalue weighted by molar-refractivity contribution is 0.613. The van der Waals surface area contributed by atoms with Gasteiger partial charge in [-0.1, -0.05) is 49.8 Å². The predicted molar refractivity (Wildman–Crippen MR) is 75.2 cm³/mol. The van der Waals surface area contributed by atoms with E-state index in [0.717, 1.165) is 17.5 Å². The molecule has 1 aromatic rings. The average Bonchev–Trinajstić information content (AvgIpc) is 3.10. The largest absolute Gasteiger partial charge is 0.207 e. The molecule has 0 heterocycles. The van der Waals surface area contributed by atoms with E-state index in [1.807, 2.05) is 26.8 Å². The van der Waals surface area contributed by atoms with Crippen molar-refractivity contribution in [1.82, 2.24) is 0 Å². The fraction of sp³-hybridized carbons (Fsp3) is 0.412. The van der Waals surface area contributed by atoms with E-state index in [1.165, 1.54) is 5.57 Å². The van der Waals surface area contributed by atoms with Gasteiger partial charge in [0.2, 0.25) is 0 Å². The van der Waals surface area contributed by atoms with E-state index in [9.17, 15) is 4.39 Å². The summed E-state index contributed by atoms with van der Waals surface area (Å²) in [6.07, 6.45) is 7.83. The van der Waals surface area contributed by atoms with Gasteiger partial charge in [-0.3, -0.25) is 0 Å². The Balaban J connectivity index is 0.000000574. The summed E-state index contributed by atoms with van der Waals surface area (Å²) >= 11 is 0. The maximum atomic E-state index is 13.6. The van der Waals surface area contributed by atoms with Gasteiger partial charge >= 0.3 is 0 Å². The van der Waals surface area contributed by atoms with Gasteiger partial charge in [0.15, 0.2) is 0 Å². The number of rotatable bonds is 1. The van der Waals surface area contributed by atoms with E-state index in [1.54, 1.807) is 6.07 Å². The lowest BCUT2D eigenvalue weighted by atomic mass is 9.88. The first-order chi connectivity index (χ1) is 8.62. The lowest BCUT2D eigenvalue weighted by Gasteiger charge is -2.16. The fourth-order valence-electron chi connectivity index (χ4n) is 2.67. The molecule has 2 unspecified atom stereocenters. The predicted octanol–water partition coefficient (Wildman–Crippen LogP) is 4.93. The fourth-order valence-corrected chi connectivity index (χ4v) is 2.67. The minimum atomic E-state index is -0.0859. The Labute approximate surface area is 109 Å². The van der Waals surface area contributed by atoms with Crippen LogP contribution in [-0.2, 0) is 5.41 Å². The summed E-state index contributed by atoms with van der Waals surface area (Å²) in [7, 11) is 0. The van der Waals surface area contributed by atoms with Crippen LogP contribution in [0, 0.1) is 18.7 Å². The van der Waals surface area contributed by atoms with Crippen LogP contribution in [0.15, 0.2) is 42.0 Å². The number of allylic oxidation sites excluding steroid dienone is 4. The first-order valence-electron chi connectivity index (χ1n) is 6.76. The number of fused-ring (bicyclic) bond motifs is 1. The Bertz CT molecular complexity index is 510. The van der Waals surface area contributed by atoms with Crippen LogP contribution in [0.25, 0.3) is 0 Å². The van der Waals surface area contributed by atoms with Gasteiger partial charge in [0.1, 0.15) is 5.82 Å². The zero-order valence-corrected chi connectivity index (χ0v) is 11.6. The molecule has 1 fully saturated rings. The molecule has 0 amide bonds. The van der Waals surface area contributed by atoms with Crippen LogP contribution in [0.3, 0.4) is 0 Å². The normalized spacial score (nSPS) is 27.8. The topological polar surface area (TPSA) is 0 Å².